The first kappa shape index (κ1) is 9.57. The fraction of sp³-hybridized carbons (Fsp3) is 1.00. The van der Waals surface area contributed by atoms with E-state index in [2.05, 4.69) is 0 Å². The van der Waals surface area contributed by atoms with Crippen LogP contribution in [0.25, 0.3) is 0 Å². The Hall–Kier alpha value is 0.480. The van der Waals surface area contributed by atoms with Crippen LogP contribution in [0.3, 0.4) is 0 Å². The minimum absolute atomic E-state index is 0.150. The van der Waals surface area contributed by atoms with E-state index < -0.39 is 6.72 Å². The summed E-state index contributed by atoms with van der Waals surface area (Å²) in [4.78, 5) is 0. The molecule has 1 atom stereocenters. The normalized spacial score (nSPS) is 26.4. The molecule has 11 heavy (non-hydrogen) atoms. The second kappa shape index (κ2) is 3.93. The lowest BCUT2D eigenvalue weighted by Gasteiger charge is -2.22. The first-order valence-corrected chi connectivity index (χ1v) is 7.01. The second-order valence-corrected chi connectivity index (χ2v) is 6.66. The summed E-state index contributed by atoms with van der Waals surface area (Å²) in [6, 6.07) is 0. The van der Waals surface area contributed by atoms with E-state index in [-0.39, 0.29) is 6.10 Å². The SMILES string of the molecule is CP(=O)(Cl)OC1CCCCC1. The molecule has 4 heteroatoms. The molecule has 0 bridgehead atoms. The van der Waals surface area contributed by atoms with Crippen molar-refractivity contribution in [1.29, 1.82) is 0 Å². The topological polar surface area (TPSA) is 26.3 Å². The fourth-order valence-electron chi connectivity index (χ4n) is 1.44. The molecule has 1 aliphatic rings. The van der Waals surface area contributed by atoms with E-state index in [1.54, 1.807) is 0 Å². The van der Waals surface area contributed by atoms with Gasteiger partial charge in [0.05, 0.1) is 6.10 Å². The van der Waals surface area contributed by atoms with Gasteiger partial charge in [-0.3, -0.25) is 4.57 Å². The molecule has 0 heterocycles. The van der Waals surface area contributed by atoms with E-state index in [0.717, 1.165) is 12.8 Å². The van der Waals surface area contributed by atoms with Crippen LogP contribution in [0, 0.1) is 0 Å². The van der Waals surface area contributed by atoms with Crippen molar-refractivity contribution >= 4 is 18.0 Å². The monoisotopic (exact) mass is 196 g/mol. The van der Waals surface area contributed by atoms with Gasteiger partial charge in [0.1, 0.15) is 0 Å². The lowest BCUT2D eigenvalue weighted by molar-refractivity contribution is 0.164. The molecule has 66 valence electrons. The summed E-state index contributed by atoms with van der Waals surface area (Å²) in [5.74, 6) is 0. The number of rotatable bonds is 2. The van der Waals surface area contributed by atoms with Gasteiger partial charge in [-0.1, -0.05) is 19.3 Å². The Bertz CT molecular complexity index is 160. The maximum Gasteiger partial charge on any atom is 0.287 e. The van der Waals surface area contributed by atoms with Crippen LogP contribution in [0.4, 0.5) is 0 Å². The van der Waals surface area contributed by atoms with Gasteiger partial charge in [-0.15, -0.1) is 0 Å². The lowest BCUT2D eigenvalue weighted by atomic mass is 9.98. The largest absolute Gasteiger partial charge is 0.314 e. The third-order valence-corrected chi connectivity index (χ3v) is 2.80. The van der Waals surface area contributed by atoms with Gasteiger partial charge in [-0.25, -0.2) is 0 Å². The molecule has 0 aliphatic heterocycles. The van der Waals surface area contributed by atoms with Gasteiger partial charge in [-0.2, -0.15) is 0 Å². The molecule has 0 aromatic rings. The van der Waals surface area contributed by atoms with E-state index >= 15 is 0 Å². The van der Waals surface area contributed by atoms with Crippen molar-refractivity contribution in [2.24, 2.45) is 0 Å². The number of hydrogen-bond acceptors (Lipinski definition) is 2. The predicted octanol–water partition coefficient (Wildman–Crippen LogP) is 3.40. The molecular formula is C7H14ClO2P. The predicted molar refractivity (Wildman–Crippen MR) is 47.3 cm³/mol. The second-order valence-electron chi connectivity index (χ2n) is 3.11. The minimum atomic E-state index is -2.76. The Balaban J connectivity index is 2.30. The number of hydrogen-bond donors (Lipinski definition) is 0. The Morgan fingerprint density at radius 1 is 1.36 bits per heavy atom. The van der Waals surface area contributed by atoms with Crippen molar-refractivity contribution in [3.8, 4) is 0 Å². The van der Waals surface area contributed by atoms with E-state index in [1.807, 2.05) is 0 Å². The van der Waals surface area contributed by atoms with Crippen LogP contribution in [0.5, 0.6) is 0 Å². The van der Waals surface area contributed by atoms with Crippen molar-refractivity contribution in [3.63, 3.8) is 0 Å². The summed E-state index contributed by atoms with van der Waals surface area (Å²) < 4.78 is 16.2. The molecule has 0 spiro atoms. The van der Waals surface area contributed by atoms with Gasteiger partial charge in [0.25, 0.3) is 6.72 Å². The molecule has 0 amide bonds. The molecule has 0 aromatic carbocycles. The average Bonchev–Trinajstić information content (AvgIpc) is 1.85. The first-order valence-electron chi connectivity index (χ1n) is 4.03. The highest BCUT2D eigenvalue weighted by Crippen LogP contribution is 2.50. The molecule has 1 unspecified atom stereocenters. The fourth-order valence-corrected chi connectivity index (χ4v) is 2.52. The third-order valence-electron chi connectivity index (χ3n) is 1.89. The summed E-state index contributed by atoms with van der Waals surface area (Å²) in [7, 11) is 0. The van der Waals surface area contributed by atoms with Crippen LogP contribution in [0.2, 0.25) is 0 Å². The molecular weight excluding hydrogens is 183 g/mol. The van der Waals surface area contributed by atoms with E-state index in [9.17, 15) is 4.57 Å². The third kappa shape index (κ3) is 4.15. The van der Waals surface area contributed by atoms with Gasteiger partial charge in [0.15, 0.2) is 0 Å². The number of halogens is 1. The van der Waals surface area contributed by atoms with Crippen LogP contribution in [0.1, 0.15) is 32.1 Å². The highest BCUT2D eigenvalue weighted by atomic mass is 35.7. The molecule has 2 nitrogen and oxygen atoms in total. The Labute approximate surface area is 72.5 Å². The van der Waals surface area contributed by atoms with Crippen LogP contribution in [-0.4, -0.2) is 12.8 Å². The van der Waals surface area contributed by atoms with Crippen molar-refractivity contribution in [3.05, 3.63) is 0 Å². The summed E-state index contributed by atoms with van der Waals surface area (Å²) >= 11 is 5.50. The van der Waals surface area contributed by atoms with E-state index in [4.69, 9.17) is 15.8 Å². The standard InChI is InChI=1S/C7H14ClO2P/c1-11(8,9)10-7-5-3-2-4-6-7/h7H,2-6H2,1H3. The molecule has 1 saturated carbocycles. The van der Waals surface area contributed by atoms with Gasteiger partial charge in [0, 0.05) is 6.66 Å². The van der Waals surface area contributed by atoms with Gasteiger partial charge in [-0.05, 0) is 24.1 Å². The smallest absolute Gasteiger partial charge is 0.287 e. The highest BCUT2D eigenvalue weighted by Gasteiger charge is 2.21. The average molecular weight is 197 g/mol. The summed E-state index contributed by atoms with van der Waals surface area (Å²) in [6.45, 7) is -1.30. The van der Waals surface area contributed by atoms with E-state index in [1.165, 1.54) is 25.9 Å². The quantitative estimate of drug-likeness (QED) is 0.633. The summed E-state index contributed by atoms with van der Waals surface area (Å²) in [6.07, 6.45) is 5.83. The molecule has 1 fully saturated rings. The van der Waals surface area contributed by atoms with Crippen molar-refractivity contribution < 1.29 is 9.09 Å². The van der Waals surface area contributed by atoms with Gasteiger partial charge in [0.2, 0.25) is 0 Å². The maximum atomic E-state index is 11.0. The van der Waals surface area contributed by atoms with Crippen LogP contribution in [-0.2, 0) is 9.09 Å². The Morgan fingerprint density at radius 2 is 1.91 bits per heavy atom. The minimum Gasteiger partial charge on any atom is -0.314 e. The van der Waals surface area contributed by atoms with Crippen molar-refractivity contribution in [2.75, 3.05) is 6.66 Å². The molecule has 0 saturated heterocycles. The first-order chi connectivity index (χ1) is 5.08. The van der Waals surface area contributed by atoms with Crippen molar-refractivity contribution in [1.82, 2.24) is 0 Å². The zero-order valence-corrected chi connectivity index (χ0v) is 8.40. The van der Waals surface area contributed by atoms with Crippen LogP contribution in [0.15, 0.2) is 0 Å². The summed E-state index contributed by atoms with van der Waals surface area (Å²) in [5.41, 5.74) is 0. The van der Waals surface area contributed by atoms with Crippen molar-refractivity contribution in [2.45, 2.75) is 38.2 Å². The van der Waals surface area contributed by atoms with E-state index in [0.29, 0.717) is 0 Å². The van der Waals surface area contributed by atoms with Gasteiger partial charge < -0.3 is 4.52 Å². The zero-order chi connectivity index (χ0) is 8.32. The Kier molecular flexibility index (Phi) is 3.42. The molecule has 1 rings (SSSR count). The molecule has 0 radical (unpaired) electrons. The zero-order valence-electron chi connectivity index (χ0n) is 6.75. The molecule has 0 aromatic heterocycles. The van der Waals surface area contributed by atoms with Gasteiger partial charge >= 0.3 is 0 Å². The Morgan fingerprint density at radius 3 is 2.36 bits per heavy atom. The van der Waals surface area contributed by atoms with Crippen LogP contribution < -0.4 is 0 Å². The molecule has 1 aliphatic carbocycles. The lowest BCUT2D eigenvalue weighted by Crippen LogP contribution is -2.13. The molecule has 0 N–H and O–H groups in total. The van der Waals surface area contributed by atoms with Crippen LogP contribution >= 0.6 is 18.0 Å². The maximum absolute atomic E-state index is 11.0. The highest BCUT2D eigenvalue weighted by molar-refractivity contribution is 7.84. The summed E-state index contributed by atoms with van der Waals surface area (Å²) in [5, 5.41) is 0.